The Hall–Kier alpha value is -2.19. The lowest BCUT2D eigenvalue weighted by Crippen LogP contribution is -2.10. The Kier molecular flexibility index (Phi) is 3.75. The fourth-order valence-electron chi connectivity index (χ4n) is 2.52. The molecule has 3 aromatic rings. The fourth-order valence-corrected chi connectivity index (χ4v) is 2.52. The van der Waals surface area contributed by atoms with Crippen LogP contribution in [-0.2, 0) is 0 Å². The van der Waals surface area contributed by atoms with Gasteiger partial charge in [0.25, 0.3) is 0 Å². The molecule has 1 N–H and O–H groups in total. The summed E-state index contributed by atoms with van der Waals surface area (Å²) in [5.41, 5.74) is 1.22. The van der Waals surface area contributed by atoms with Crippen LogP contribution in [0, 0.1) is 0 Å². The predicted octanol–water partition coefficient (Wildman–Crippen LogP) is 3.63. The van der Waals surface area contributed by atoms with E-state index in [0.717, 1.165) is 13.1 Å². The molecule has 0 unspecified atom stereocenters. The van der Waals surface area contributed by atoms with Gasteiger partial charge in [0.1, 0.15) is 0 Å². The minimum Gasteiger partial charge on any atom is -0.318 e. The van der Waals surface area contributed by atoms with Gasteiger partial charge in [-0.1, -0.05) is 48.5 Å². The maximum atomic E-state index is 4.54. The molecular formula is C18H18N2. The topological polar surface area (TPSA) is 24.4 Å². The molecule has 0 aliphatic heterocycles. The lowest BCUT2D eigenvalue weighted by Gasteiger charge is -2.07. The molecule has 0 atom stereocenters. The van der Waals surface area contributed by atoms with Gasteiger partial charge in [-0.3, -0.25) is 4.99 Å². The molecule has 0 heterocycles. The monoisotopic (exact) mass is 262 g/mol. The predicted molar refractivity (Wildman–Crippen MR) is 87.8 cm³/mol. The molecule has 0 spiro atoms. The Labute approximate surface area is 119 Å². The molecule has 3 aromatic carbocycles. The van der Waals surface area contributed by atoms with E-state index in [4.69, 9.17) is 0 Å². The van der Waals surface area contributed by atoms with E-state index < -0.39 is 0 Å². The van der Waals surface area contributed by atoms with Crippen molar-refractivity contribution >= 4 is 27.8 Å². The van der Waals surface area contributed by atoms with Crippen LogP contribution < -0.4 is 5.32 Å². The molecule has 0 saturated heterocycles. The first-order valence-electron chi connectivity index (χ1n) is 6.95. The first-order valence-corrected chi connectivity index (χ1v) is 6.95. The smallest absolute Gasteiger partial charge is 0.0514 e. The third-order valence-corrected chi connectivity index (χ3v) is 3.52. The summed E-state index contributed by atoms with van der Waals surface area (Å²) in [6.45, 7) is 1.70. The fraction of sp³-hybridized carbons (Fsp3) is 0.167. The quantitative estimate of drug-likeness (QED) is 0.433. The summed E-state index contributed by atoms with van der Waals surface area (Å²) in [6.07, 6.45) is 2.02. The first kappa shape index (κ1) is 12.8. The molecule has 0 aromatic heterocycles. The highest BCUT2D eigenvalue weighted by molar-refractivity contribution is 6.13. The van der Waals surface area contributed by atoms with Gasteiger partial charge in [-0.15, -0.1) is 0 Å². The highest BCUT2D eigenvalue weighted by Gasteiger charge is 2.04. The number of rotatable bonds is 4. The largest absolute Gasteiger partial charge is 0.318 e. The number of aliphatic imine (C=N–C) groups is 1. The van der Waals surface area contributed by atoms with E-state index in [1.54, 1.807) is 0 Å². The minimum atomic E-state index is 0.800. The Bertz CT molecular complexity index is 706. The molecule has 100 valence electrons. The normalized spacial score (nSPS) is 11.7. The van der Waals surface area contributed by atoms with Crippen LogP contribution in [0.25, 0.3) is 21.5 Å². The van der Waals surface area contributed by atoms with Crippen molar-refractivity contribution in [1.82, 2.24) is 5.32 Å². The Morgan fingerprint density at radius 3 is 2.15 bits per heavy atom. The number of nitrogens with one attached hydrogen (secondary N) is 1. The zero-order valence-corrected chi connectivity index (χ0v) is 11.6. The van der Waals surface area contributed by atoms with Crippen molar-refractivity contribution in [3.63, 3.8) is 0 Å². The molecule has 0 radical (unpaired) electrons. The van der Waals surface area contributed by atoms with Gasteiger partial charge in [0.15, 0.2) is 0 Å². The van der Waals surface area contributed by atoms with Crippen molar-refractivity contribution in [1.29, 1.82) is 0 Å². The molecule has 3 rings (SSSR count). The second-order valence-electron chi connectivity index (χ2n) is 4.87. The lowest BCUT2D eigenvalue weighted by molar-refractivity contribution is 0.804. The van der Waals surface area contributed by atoms with Crippen LogP contribution in [0.2, 0.25) is 0 Å². The molecule has 2 nitrogen and oxygen atoms in total. The number of likely N-dealkylation sites (N-methyl/N-ethyl adjacent to an activating group) is 1. The van der Waals surface area contributed by atoms with Crippen molar-refractivity contribution in [2.24, 2.45) is 4.99 Å². The van der Waals surface area contributed by atoms with Gasteiger partial charge >= 0.3 is 0 Å². The first-order chi connectivity index (χ1) is 9.90. The van der Waals surface area contributed by atoms with E-state index in [1.807, 2.05) is 13.3 Å². The Balaban J connectivity index is 2.20. The van der Waals surface area contributed by atoms with Crippen molar-refractivity contribution in [2.75, 3.05) is 20.1 Å². The van der Waals surface area contributed by atoms with Crippen LogP contribution in [0.1, 0.15) is 5.56 Å². The number of benzene rings is 3. The zero-order valence-electron chi connectivity index (χ0n) is 11.6. The molecule has 0 aliphatic rings. The summed E-state index contributed by atoms with van der Waals surface area (Å²) in [5, 5.41) is 8.17. The average molecular weight is 262 g/mol. The molecule has 0 aliphatic carbocycles. The van der Waals surface area contributed by atoms with E-state index in [1.165, 1.54) is 27.1 Å². The van der Waals surface area contributed by atoms with E-state index in [2.05, 4.69) is 64.9 Å². The lowest BCUT2D eigenvalue weighted by atomic mass is 9.97. The summed E-state index contributed by atoms with van der Waals surface area (Å²) < 4.78 is 0. The third-order valence-electron chi connectivity index (χ3n) is 3.52. The van der Waals surface area contributed by atoms with Crippen LogP contribution in [0.3, 0.4) is 0 Å². The highest BCUT2D eigenvalue weighted by Crippen LogP contribution is 2.27. The third kappa shape index (κ3) is 2.43. The second-order valence-corrected chi connectivity index (χ2v) is 4.87. The van der Waals surface area contributed by atoms with Gasteiger partial charge in [-0.05, 0) is 34.7 Å². The second kappa shape index (κ2) is 5.85. The Morgan fingerprint density at radius 2 is 1.55 bits per heavy atom. The van der Waals surface area contributed by atoms with E-state index >= 15 is 0 Å². The number of fused-ring (bicyclic) bond motifs is 2. The number of hydrogen-bond acceptors (Lipinski definition) is 2. The molecule has 20 heavy (non-hydrogen) atoms. The van der Waals surface area contributed by atoms with Crippen molar-refractivity contribution in [2.45, 2.75) is 0 Å². The number of nitrogens with zero attached hydrogens (tertiary/aromatic N) is 1. The maximum Gasteiger partial charge on any atom is 0.0514 e. The Morgan fingerprint density at radius 1 is 0.950 bits per heavy atom. The molecule has 0 bridgehead atoms. The van der Waals surface area contributed by atoms with Crippen molar-refractivity contribution < 1.29 is 0 Å². The van der Waals surface area contributed by atoms with E-state index in [0.29, 0.717) is 0 Å². The summed E-state index contributed by atoms with van der Waals surface area (Å²) >= 11 is 0. The highest BCUT2D eigenvalue weighted by atomic mass is 14.9. The summed E-state index contributed by atoms with van der Waals surface area (Å²) in [5.74, 6) is 0. The van der Waals surface area contributed by atoms with Crippen molar-refractivity contribution in [3.8, 4) is 0 Å². The van der Waals surface area contributed by atoms with Crippen molar-refractivity contribution in [3.05, 3.63) is 60.2 Å². The average Bonchev–Trinajstić information content (AvgIpc) is 2.50. The van der Waals surface area contributed by atoms with Crippen LogP contribution in [0.4, 0.5) is 0 Å². The standard InChI is InChI=1S/C18H18N2/c1-19-10-11-20-13-18-16-8-4-2-6-14(16)12-15-7-3-5-9-17(15)18/h2-9,12-13,19H,10-11H2,1H3. The molecule has 0 saturated carbocycles. The zero-order chi connectivity index (χ0) is 13.8. The molecule has 2 heteroatoms. The van der Waals surface area contributed by atoms with Gasteiger partial charge in [0.05, 0.1) is 6.54 Å². The summed E-state index contributed by atoms with van der Waals surface area (Å²) in [7, 11) is 1.95. The molecule has 0 amide bonds. The minimum absolute atomic E-state index is 0.800. The van der Waals surface area contributed by atoms with Crippen LogP contribution in [0.15, 0.2) is 59.6 Å². The SMILES string of the molecule is CNCCN=Cc1c2ccccc2cc2ccccc12. The van der Waals surface area contributed by atoms with E-state index in [-0.39, 0.29) is 0 Å². The molecule has 0 fully saturated rings. The summed E-state index contributed by atoms with van der Waals surface area (Å²) in [4.78, 5) is 4.54. The van der Waals surface area contributed by atoms with Gasteiger partial charge in [0.2, 0.25) is 0 Å². The van der Waals surface area contributed by atoms with Gasteiger partial charge in [-0.2, -0.15) is 0 Å². The van der Waals surface area contributed by atoms with Crippen LogP contribution >= 0.6 is 0 Å². The van der Waals surface area contributed by atoms with Gasteiger partial charge in [-0.25, -0.2) is 0 Å². The van der Waals surface area contributed by atoms with Gasteiger partial charge < -0.3 is 5.32 Å². The van der Waals surface area contributed by atoms with Crippen LogP contribution in [0.5, 0.6) is 0 Å². The maximum absolute atomic E-state index is 4.54. The number of hydrogen-bond donors (Lipinski definition) is 1. The van der Waals surface area contributed by atoms with E-state index in [9.17, 15) is 0 Å². The van der Waals surface area contributed by atoms with Crippen LogP contribution in [-0.4, -0.2) is 26.4 Å². The summed E-state index contributed by atoms with van der Waals surface area (Å²) in [6, 6.07) is 19.2. The van der Waals surface area contributed by atoms with Gasteiger partial charge in [0, 0.05) is 18.3 Å². The molecular weight excluding hydrogens is 244 g/mol.